The van der Waals surface area contributed by atoms with Crippen molar-refractivity contribution in [2.75, 3.05) is 30.4 Å². The minimum absolute atomic E-state index is 0.244. The maximum Gasteiger partial charge on any atom is 0.137 e. The van der Waals surface area contributed by atoms with Crippen molar-refractivity contribution in [3.63, 3.8) is 0 Å². The van der Waals surface area contributed by atoms with Crippen LogP contribution in [0.25, 0.3) is 0 Å². The number of nitrogens with one attached hydrogen (secondary N) is 1. The molecule has 0 saturated heterocycles. The van der Waals surface area contributed by atoms with Gasteiger partial charge in [0.25, 0.3) is 0 Å². The summed E-state index contributed by atoms with van der Waals surface area (Å²) in [6, 6.07) is 0. The first-order chi connectivity index (χ1) is 9.78. The van der Waals surface area contributed by atoms with Crippen LogP contribution in [-0.2, 0) is 6.42 Å². The van der Waals surface area contributed by atoms with E-state index in [4.69, 9.17) is 9.97 Å². The van der Waals surface area contributed by atoms with Crippen LogP contribution in [0.2, 0.25) is 0 Å². The van der Waals surface area contributed by atoms with E-state index in [1.54, 1.807) is 0 Å². The van der Waals surface area contributed by atoms with E-state index in [1.807, 2.05) is 0 Å². The van der Waals surface area contributed by atoms with Gasteiger partial charge < -0.3 is 10.2 Å². The fourth-order valence-electron chi connectivity index (χ4n) is 2.46. The molecule has 4 nitrogen and oxygen atoms in total. The summed E-state index contributed by atoms with van der Waals surface area (Å²) in [7, 11) is 2.12. The third-order valence-electron chi connectivity index (χ3n) is 3.26. The molecule has 0 aliphatic rings. The predicted molar refractivity (Wildman–Crippen MR) is 92.3 cm³/mol. The van der Waals surface area contributed by atoms with Crippen LogP contribution in [-0.4, -0.2) is 30.1 Å². The van der Waals surface area contributed by atoms with Gasteiger partial charge in [0.1, 0.15) is 17.5 Å². The molecule has 1 aromatic rings. The topological polar surface area (TPSA) is 41.1 Å². The standard InChI is InChI=1S/C17H32N4/c1-8-10-14-19-15(18-11-9-2)13(3)16(20-14)21(7)12-17(4,5)6/h8-12H2,1-7H3,(H,18,19,20). The number of nitrogens with zero attached hydrogens (tertiary/aromatic N) is 3. The highest BCUT2D eigenvalue weighted by Gasteiger charge is 2.19. The molecule has 0 fully saturated rings. The summed E-state index contributed by atoms with van der Waals surface area (Å²) >= 11 is 0. The Bertz CT molecular complexity index is 449. The van der Waals surface area contributed by atoms with Crippen LogP contribution in [0.1, 0.15) is 58.8 Å². The monoisotopic (exact) mass is 292 g/mol. The van der Waals surface area contributed by atoms with Gasteiger partial charge in [-0.2, -0.15) is 0 Å². The van der Waals surface area contributed by atoms with E-state index >= 15 is 0 Å². The van der Waals surface area contributed by atoms with Gasteiger partial charge in [-0.15, -0.1) is 0 Å². The number of anilines is 2. The van der Waals surface area contributed by atoms with Gasteiger partial charge in [-0.25, -0.2) is 9.97 Å². The Kier molecular flexibility index (Phi) is 6.43. The van der Waals surface area contributed by atoms with Gasteiger partial charge in [0.15, 0.2) is 0 Å². The Labute approximate surface area is 130 Å². The lowest BCUT2D eigenvalue weighted by atomic mass is 9.96. The fraction of sp³-hybridized carbons (Fsp3) is 0.765. The third kappa shape index (κ3) is 5.52. The van der Waals surface area contributed by atoms with Gasteiger partial charge in [0, 0.05) is 32.1 Å². The number of aryl methyl sites for hydroxylation is 1. The third-order valence-corrected chi connectivity index (χ3v) is 3.26. The zero-order valence-electron chi connectivity index (χ0n) is 14.9. The average Bonchev–Trinajstić information content (AvgIpc) is 2.37. The molecule has 0 aliphatic carbocycles. The predicted octanol–water partition coefficient (Wildman–Crippen LogP) is 4.04. The molecule has 1 rings (SSSR count). The van der Waals surface area contributed by atoms with Gasteiger partial charge in [-0.1, -0.05) is 34.6 Å². The van der Waals surface area contributed by atoms with Crippen LogP contribution in [0.15, 0.2) is 0 Å². The zero-order valence-corrected chi connectivity index (χ0v) is 14.9. The molecule has 0 atom stereocenters. The quantitative estimate of drug-likeness (QED) is 0.823. The largest absolute Gasteiger partial charge is 0.370 e. The lowest BCUT2D eigenvalue weighted by molar-refractivity contribution is 0.417. The SMILES string of the molecule is CCCNc1nc(CCC)nc(N(C)CC(C)(C)C)c1C. The highest BCUT2D eigenvalue weighted by Crippen LogP contribution is 2.26. The molecule has 0 amide bonds. The Morgan fingerprint density at radius 2 is 1.76 bits per heavy atom. The molecule has 0 bridgehead atoms. The summed E-state index contributed by atoms with van der Waals surface area (Å²) < 4.78 is 0. The van der Waals surface area contributed by atoms with E-state index in [9.17, 15) is 0 Å². The van der Waals surface area contributed by atoms with Crippen LogP contribution < -0.4 is 10.2 Å². The van der Waals surface area contributed by atoms with Crippen molar-refractivity contribution in [3.05, 3.63) is 11.4 Å². The minimum atomic E-state index is 0.244. The first-order valence-corrected chi connectivity index (χ1v) is 8.11. The molecule has 1 aromatic heterocycles. The number of hydrogen-bond acceptors (Lipinski definition) is 4. The van der Waals surface area contributed by atoms with Crippen molar-refractivity contribution < 1.29 is 0 Å². The maximum atomic E-state index is 4.79. The van der Waals surface area contributed by atoms with E-state index in [-0.39, 0.29) is 5.41 Å². The Balaban J connectivity index is 3.12. The number of rotatable bonds is 7. The second-order valence-electron chi connectivity index (χ2n) is 7.03. The number of aromatic nitrogens is 2. The van der Waals surface area contributed by atoms with E-state index in [0.29, 0.717) is 0 Å². The highest BCUT2D eigenvalue weighted by molar-refractivity contribution is 5.58. The van der Waals surface area contributed by atoms with Crippen LogP contribution in [0.5, 0.6) is 0 Å². The molecule has 0 saturated carbocycles. The summed E-state index contributed by atoms with van der Waals surface area (Å²) in [4.78, 5) is 11.7. The van der Waals surface area contributed by atoms with Crippen molar-refractivity contribution in [2.24, 2.45) is 5.41 Å². The highest BCUT2D eigenvalue weighted by atomic mass is 15.2. The van der Waals surface area contributed by atoms with E-state index in [2.05, 4.69) is 58.8 Å². The molecule has 4 heteroatoms. The Morgan fingerprint density at radius 1 is 1.10 bits per heavy atom. The van der Waals surface area contributed by atoms with Crippen LogP contribution >= 0.6 is 0 Å². The van der Waals surface area contributed by atoms with Crippen LogP contribution in [0.4, 0.5) is 11.6 Å². The summed E-state index contributed by atoms with van der Waals surface area (Å²) in [5, 5.41) is 3.44. The number of hydrogen-bond donors (Lipinski definition) is 1. The lowest BCUT2D eigenvalue weighted by Gasteiger charge is -2.29. The molecular weight excluding hydrogens is 260 g/mol. The minimum Gasteiger partial charge on any atom is -0.370 e. The molecule has 21 heavy (non-hydrogen) atoms. The first kappa shape index (κ1) is 17.7. The molecular formula is C17H32N4. The van der Waals surface area contributed by atoms with Gasteiger partial charge in [0.2, 0.25) is 0 Å². The molecule has 0 spiro atoms. The van der Waals surface area contributed by atoms with Crippen molar-refractivity contribution in [1.29, 1.82) is 0 Å². The van der Waals surface area contributed by atoms with E-state index in [1.165, 1.54) is 0 Å². The second kappa shape index (κ2) is 7.62. The molecule has 120 valence electrons. The van der Waals surface area contributed by atoms with Crippen molar-refractivity contribution in [1.82, 2.24) is 9.97 Å². The first-order valence-electron chi connectivity index (χ1n) is 8.11. The molecule has 0 radical (unpaired) electrons. The second-order valence-corrected chi connectivity index (χ2v) is 7.03. The summed E-state index contributed by atoms with van der Waals surface area (Å²) in [5.74, 6) is 2.99. The summed E-state index contributed by atoms with van der Waals surface area (Å²) in [6.45, 7) is 15.1. The van der Waals surface area contributed by atoms with Crippen molar-refractivity contribution in [2.45, 2.75) is 60.8 Å². The summed E-state index contributed by atoms with van der Waals surface area (Å²) in [5.41, 5.74) is 1.39. The fourth-order valence-corrected chi connectivity index (χ4v) is 2.46. The lowest BCUT2D eigenvalue weighted by Crippen LogP contribution is -2.31. The van der Waals surface area contributed by atoms with Gasteiger partial charge in [-0.3, -0.25) is 0 Å². The normalized spacial score (nSPS) is 11.6. The molecule has 1 heterocycles. The van der Waals surface area contributed by atoms with Gasteiger partial charge in [-0.05, 0) is 25.2 Å². The van der Waals surface area contributed by atoms with Gasteiger partial charge in [0.05, 0.1) is 0 Å². The Hall–Kier alpha value is -1.32. The van der Waals surface area contributed by atoms with E-state index < -0.39 is 0 Å². The molecule has 0 unspecified atom stereocenters. The van der Waals surface area contributed by atoms with Crippen LogP contribution in [0, 0.1) is 12.3 Å². The summed E-state index contributed by atoms with van der Waals surface area (Å²) in [6.07, 6.45) is 3.09. The van der Waals surface area contributed by atoms with Gasteiger partial charge >= 0.3 is 0 Å². The zero-order chi connectivity index (χ0) is 16.0. The molecule has 1 N–H and O–H groups in total. The smallest absolute Gasteiger partial charge is 0.137 e. The molecule has 0 aromatic carbocycles. The maximum absolute atomic E-state index is 4.79. The average molecular weight is 292 g/mol. The Morgan fingerprint density at radius 3 is 2.29 bits per heavy atom. The van der Waals surface area contributed by atoms with Crippen molar-refractivity contribution in [3.8, 4) is 0 Å². The van der Waals surface area contributed by atoms with Crippen LogP contribution in [0.3, 0.4) is 0 Å². The van der Waals surface area contributed by atoms with Crippen molar-refractivity contribution >= 4 is 11.6 Å². The van der Waals surface area contributed by atoms with E-state index in [0.717, 1.165) is 55.4 Å². The molecule has 0 aliphatic heterocycles.